The van der Waals surface area contributed by atoms with Crippen LogP contribution in [0.2, 0.25) is 10.0 Å². The molecule has 1 fully saturated rings. The van der Waals surface area contributed by atoms with E-state index < -0.39 is 25.8 Å². The number of nitrogens with one attached hydrogen (secondary N) is 1. The number of piperidine rings is 1. The van der Waals surface area contributed by atoms with Crippen LogP contribution in [-0.2, 0) is 21.0 Å². The van der Waals surface area contributed by atoms with E-state index in [2.05, 4.69) is 10.2 Å². The molecule has 2 aromatic rings. The molecule has 1 aromatic heterocycles. The van der Waals surface area contributed by atoms with Gasteiger partial charge in [-0.1, -0.05) is 23.2 Å². The van der Waals surface area contributed by atoms with E-state index in [9.17, 15) is 17.7 Å². The lowest BCUT2D eigenvalue weighted by molar-refractivity contribution is 0.229. The lowest BCUT2D eigenvalue weighted by atomic mass is 9.75. The summed E-state index contributed by atoms with van der Waals surface area (Å²) in [5.41, 5.74) is 0.601. The van der Waals surface area contributed by atoms with Crippen LogP contribution < -0.4 is 5.14 Å². The highest BCUT2D eigenvalue weighted by Gasteiger charge is 2.38. The second-order valence-corrected chi connectivity index (χ2v) is 12.8. The molecule has 1 aliphatic rings. The Bertz CT molecular complexity index is 1050. The van der Waals surface area contributed by atoms with Crippen LogP contribution >= 0.6 is 23.2 Å². The third-order valence-corrected chi connectivity index (χ3v) is 9.75. The highest BCUT2D eigenvalue weighted by molar-refractivity contribution is 7.89. The third kappa shape index (κ3) is 5.26. The number of hydrogen-bond acceptors (Lipinski definition) is 5. The molecular formula is C19H26Cl2N4O4S2. The number of nitrogens with zero attached hydrogens (tertiary/aromatic N) is 2. The fraction of sp³-hybridized carbons (Fsp3) is 0.526. The van der Waals surface area contributed by atoms with Gasteiger partial charge in [0.1, 0.15) is 10.6 Å². The zero-order chi connectivity index (χ0) is 23.0. The minimum atomic E-state index is -3.62. The summed E-state index contributed by atoms with van der Waals surface area (Å²) in [7, 11) is -5.21. The molecule has 1 aliphatic heterocycles. The van der Waals surface area contributed by atoms with Gasteiger partial charge in [0.25, 0.3) is 0 Å². The van der Waals surface area contributed by atoms with E-state index in [0.717, 1.165) is 0 Å². The van der Waals surface area contributed by atoms with Crippen molar-refractivity contribution in [3.05, 3.63) is 40.1 Å². The quantitative estimate of drug-likeness (QED) is 0.527. The Kier molecular flexibility index (Phi) is 7.39. The van der Waals surface area contributed by atoms with Gasteiger partial charge in [0, 0.05) is 25.4 Å². The maximum absolute atomic E-state index is 12.8. The van der Waals surface area contributed by atoms with Crippen molar-refractivity contribution in [2.24, 2.45) is 11.1 Å². The maximum atomic E-state index is 12.8. The summed E-state index contributed by atoms with van der Waals surface area (Å²) < 4.78 is 38.4. The highest BCUT2D eigenvalue weighted by atomic mass is 35.5. The lowest BCUT2D eigenvalue weighted by Crippen LogP contribution is -2.41. The molecule has 2 atom stereocenters. The van der Waals surface area contributed by atoms with Crippen LogP contribution in [0.3, 0.4) is 0 Å². The van der Waals surface area contributed by atoms with Gasteiger partial charge in [0.2, 0.25) is 10.0 Å². The van der Waals surface area contributed by atoms with Gasteiger partial charge in [-0.15, -0.1) is 0 Å². The van der Waals surface area contributed by atoms with Gasteiger partial charge in [-0.05, 0) is 56.6 Å². The Balaban J connectivity index is 1.88. The molecule has 31 heavy (non-hydrogen) atoms. The first-order chi connectivity index (χ1) is 14.4. The van der Waals surface area contributed by atoms with Gasteiger partial charge >= 0.3 is 0 Å². The summed E-state index contributed by atoms with van der Waals surface area (Å²) in [6, 6.07) is 3.03. The fourth-order valence-corrected chi connectivity index (χ4v) is 6.09. The van der Waals surface area contributed by atoms with Crippen LogP contribution in [-0.4, -0.2) is 50.1 Å². The topological polar surface area (TPSA) is 129 Å². The number of benzene rings is 1. The molecule has 8 nitrogen and oxygen atoms in total. The number of aromatic hydroxyl groups is 1. The molecule has 12 heteroatoms. The molecule has 0 bridgehead atoms. The predicted molar refractivity (Wildman–Crippen MR) is 122 cm³/mol. The fourth-order valence-electron chi connectivity index (χ4n) is 4.04. The molecular weight excluding hydrogens is 483 g/mol. The minimum absolute atomic E-state index is 0.00597. The SMILES string of the molecule is CC(C)(C[C@@H](c1cc(Cl)c(Cl)cc1O)C1CCN(S(=O)(=O)c2cn[nH]c2)CC1)S(N)=O. The molecule has 0 amide bonds. The Morgan fingerprint density at radius 2 is 1.94 bits per heavy atom. The van der Waals surface area contributed by atoms with Gasteiger partial charge in [-0.25, -0.2) is 12.6 Å². The van der Waals surface area contributed by atoms with Gasteiger partial charge < -0.3 is 5.11 Å². The Morgan fingerprint density at radius 1 is 1.32 bits per heavy atom. The lowest BCUT2D eigenvalue weighted by Gasteiger charge is -2.38. The first-order valence-corrected chi connectivity index (χ1v) is 13.2. The van der Waals surface area contributed by atoms with Crippen molar-refractivity contribution in [3.8, 4) is 5.75 Å². The summed E-state index contributed by atoms with van der Waals surface area (Å²) in [5, 5.41) is 23.1. The number of nitrogens with two attached hydrogens (primary N) is 1. The van der Waals surface area contributed by atoms with E-state index in [1.54, 1.807) is 6.07 Å². The monoisotopic (exact) mass is 508 g/mol. The average Bonchev–Trinajstić information content (AvgIpc) is 3.25. The molecule has 0 saturated carbocycles. The number of hydrogen-bond donors (Lipinski definition) is 3. The van der Waals surface area contributed by atoms with Crippen molar-refractivity contribution in [1.29, 1.82) is 0 Å². The van der Waals surface area contributed by atoms with Gasteiger partial charge in [0.15, 0.2) is 0 Å². The number of aromatic nitrogens is 2. The number of phenolic OH excluding ortho intramolecular Hbond substituents is 1. The Labute approximate surface area is 194 Å². The first-order valence-electron chi connectivity index (χ1n) is 9.76. The summed E-state index contributed by atoms with van der Waals surface area (Å²) in [6.45, 7) is 4.26. The van der Waals surface area contributed by atoms with E-state index in [1.807, 2.05) is 13.8 Å². The summed E-state index contributed by atoms with van der Waals surface area (Å²) in [4.78, 5) is 0.129. The van der Waals surface area contributed by atoms with E-state index in [4.69, 9.17) is 28.3 Å². The minimum Gasteiger partial charge on any atom is -0.508 e. The van der Waals surface area contributed by atoms with Crippen molar-refractivity contribution in [2.75, 3.05) is 13.1 Å². The van der Waals surface area contributed by atoms with Crippen molar-refractivity contribution in [3.63, 3.8) is 0 Å². The maximum Gasteiger partial charge on any atom is 0.246 e. The smallest absolute Gasteiger partial charge is 0.246 e. The Morgan fingerprint density at radius 3 is 2.48 bits per heavy atom. The summed E-state index contributed by atoms with van der Waals surface area (Å²) >= 11 is 12.3. The van der Waals surface area contributed by atoms with E-state index in [-0.39, 0.29) is 27.5 Å². The standard InChI is InChI=1S/C19H26Cl2N4O4S2/c1-19(2,30(22)27)9-15(14-7-16(20)17(21)8-18(14)26)12-3-5-25(6-4-12)31(28,29)13-10-23-24-11-13/h7-8,10-12,15,26H,3-6,9,22H2,1-2H3,(H,23,24)/t15-,30?/m1/s1. The second-order valence-electron chi connectivity index (χ2n) is 8.37. The largest absolute Gasteiger partial charge is 0.508 e. The normalized spacial score (nSPS) is 18.7. The number of H-pyrrole nitrogens is 1. The van der Waals surface area contributed by atoms with Crippen LogP contribution in [0.4, 0.5) is 0 Å². The van der Waals surface area contributed by atoms with Crippen LogP contribution in [0.25, 0.3) is 0 Å². The first kappa shape index (κ1) is 24.5. The van der Waals surface area contributed by atoms with Crippen molar-refractivity contribution < 1.29 is 17.7 Å². The van der Waals surface area contributed by atoms with E-state index in [0.29, 0.717) is 42.9 Å². The Hall–Kier alpha value is -1.17. The van der Waals surface area contributed by atoms with Crippen LogP contribution in [0.15, 0.2) is 29.4 Å². The van der Waals surface area contributed by atoms with Gasteiger partial charge in [0.05, 0.1) is 32.0 Å². The molecule has 1 unspecified atom stereocenters. The molecule has 0 spiro atoms. The van der Waals surface area contributed by atoms with Crippen molar-refractivity contribution >= 4 is 44.2 Å². The third-order valence-electron chi connectivity index (χ3n) is 5.90. The number of rotatable bonds is 7. The zero-order valence-electron chi connectivity index (χ0n) is 17.2. The van der Waals surface area contributed by atoms with Crippen LogP contribution in [0.1, 0.15) is 44.6 Å². The van der Waals surface area contributed by atoms with E-state index in [1.165, 1.54) is 22.8 Å². The average molecular weight is 509 g/mol. The van der Waals surface area contributed by atoms with Gasteiger partial charge in [-0.3, -0.25) is 10.2 Å². The number of halogens is 2. The highest BCUT2D eigenvalue weighted by Crippen LogP contribution is 2.45. The molecule has 0 radical (unpaired) electrons. The number of sulfonamides is 1. The van der Waals surface area contributed by atoms with E-state index >= 15 is 0 Å². The zero-order valence-corrected chi connectivity index (χ0v) is 20.4. The van der Waals surface area contributed by atoms with Gasteiger partial charge in [-0.2, -0.15) is 9.40 Å². The predicted octanol–water partition coefficient (Wildman–Crippen LogP) is 3.40. The van der Waals surface area contributed by atoms with Crippen LogP contribution in [0.5, 0.6) is 5.75 Å². The van der Waals surface area contributed by atoms with Crippen molar-refractivity contribution in [1.82, 2.24) is 14.5 Å². The molecule has 2 heterocycles. The number of phenols is 1. The molecule has 4 N–H and O–H groups in total. The summed E-state index contributed by atoms with van der Waals surface area (Å²) in [5.74, 6) is -0.190. The molecule has 172 valence electrons. The second kappa shape index (κ2) is 9.36. The van der Waals surface area contributed by atoms with Crippen LogP contribution in [0, 0.1) is 5.92 Å². The molecule has 1 aromatic carbocycles. The number of aromatic amines is 1. The molecule has 3 rings (SSSR count). The molecule has 1 saturated heterocycles. The summed E-state index contributed by atoms with van der Waals surface area (Å²) in [6.07, 6.45) is 4.21. The molecule has 0 aliphatic carbocycles. The van der Waals surface area contributed by atoms with Crippen molar-refractivity contribution in [2.45, 2.75) is 48.7 Å².